The smallest absolute Gasteiger partial charge is 0.248 e. The molecule has 1 fully saturated rings. The second-order valence-corrected chi connectivity index (χ2v) is 8.61. The van der Waals surface area contributed by atoms with Gasteiger partial charge in [0, 0.05) is 30.8 Å². The highest BCUT2D eigenvalue weighted by atomic mass is 16.5. The number of carbonyl (C=O) groups excluding carboxylic acids is 1. The van der Waals surface area contributed by atoms with Crippen molar-refractivity contribution in [3.63, 3.8) is 0 Å². The number of nitrogens with zero attached hydrogens (tertiary/aromatic N) is 2. The number of ether oxygens (including phenoxy) is 2. The van der Waals surface area contributed by atoms with Crippen molar-refractivity contribution in [1.29, 1.82) is 0 Å². The average Bonchev–Trinajstić information content (AvgIpc) is 2.84. The predicted octanol–water partition coefficient (Wildman–Crippen LogP) is 4.35. The van der Waals surface area contributed by atoms with Crippen LogP contribution in [0.15, 0.2) is 48.5 Å². The van der Waals surface area contributed by atoms with E-state index in [4.69, 9.17) is 20.2 Å². The zero-order valence-electron chi connectivity index (χ0n) is 19.7. The molecule has 0 spiro atoms. The van der Waals surface area contributed by atoms with Gasteiger partial charge in [0.05, 0.1) is 25.1 Å². The van der Waals surface area contributed by atoms with Crippen LogP contribution in [0, 0.1) is 20.8 Å². The van der Waals surface area contributed by atoms with Gasteiger partial charge in [-0.05, 0) is 73.4 Å². The molecule has 1 atom stereocenters. The molecule has 0 bridgehead atoms. The standard InChI is InChI=1S/C27H31N3O3/c1-17-14-25(32-4)19(3)18(2)22(17)15-30-12-13-33-26(16-30)24-7-5-6-23(29-24)20-8-10-21(11-9-20)27(28)31/h5-11,14,26H,12-13,15-16H2,1-4H3,(H2,28,31)/t26-/m0/s1. The summed E-state index contributed by atoms with van der Waals surface area (Å²) >= 11 is 0. The van der Waals surface area contributed by atoms with E-state index < -0.39 is 5.91 Å². The molecule has 1 amide bonds. The molecule has 2 aromatic carbocycles. The number of nitrogens with two attached hydrogens (primary N) is 1. The molecule has 4 rings (SSSR count). The highest BCUT2D eigenvalue weighted by molar-refractivity contribution is 5.93. The molecule has 1 aromatic heterocycles. The minimum Gasteiger partial charge on any atom is -0.496 e. The normalized spacial score (nSPS) is 16.5. The van der Waals surface area contributed by atoms with Gasteiger partial charge in [0.2, 0.25) is 5.91 Å². The number of hydrogen-bond donors (Lipinski definition) is 1. The second-order valence-electron chi connectivity index (χ2n) is 8.61. The van der Waals surface area contributed by atoms with Gasteiger partial charge in [0.15, 0.2) is 0 Å². The summed E-state index contributed by atoms with van der Waals surface area (Å²) in [4.78, 5) is 18.6. The molecule has 2 N–H and O–H groups in total. The van der Waals surface area contributed by atoms with Crippen LogP contribution >= 0.6 is 0 Å². The summed E-state index contributed by atoms with van der Waals surface area (Å²) in [7, 11) is 1.72. The van der Waals surface area contributed by atoms with Crippen molar-refractivity contribution in [2.75, 3.05) is 26.8 Å². The number of primary amides is 1. The third kappa shape index (κ3) is 4.92. The summed E-state index contributed by atoms with van der Waals surface area (Å²) in [6, 6.07) is 15.3. The molecule has 0 radical (unpaired) electrons. The van der Waals surface area contributed by atoms with Crippen LogP contribution in [0.4, 0.5) is 0 Å². The van der Waals surface area contributed by atoms with Gasteiger partial charge in [-0.3, -0.25) is 14.7 Å². The van der Waals surface area contributed by atoms with Crippen molar-refractivity contribution >= 4 is 5.91 Å². The molecule has 3 aromatic rings. The Morgan fingerprint density at radius 3 is 2.61 bits per heavy atom. The maximum Gasteiger partial charge on any atom is 0.248 e. The SMILES string of the molecule is COc1cc(C)c(CN2CCO[C@H](c3cccc(-c4ccc(C(N)=O)cc4)n3)C2)c(C)c1C. The van der Waals surface area contributed by atoms with Crippen LogP contribution in [0.1, 0.15) is 44.4 Å². The van der Waals surface area contributed by atoms with E-state index in [2.05, 4.69) is 31.7 Å². The lowest BCUT2D eigenvalue weighted by atomic mass is 9.96. The Morgan fingerprint density at radius 1 is 1.15 bits per heavy atom. The number of pyridine rings is 1. The summed E-state index contributed by atoms with van der Waals surface area (Å²) < 4.78 is 11.6. The molecule has 0 saturated carbocycles. The van der Waals surface area contributed by atoms with E-state index in [0.717, 1.165) is 42.3 Å². The van der Waals surface area contributed by atoms with Gasteiger partial charge in [-0.25, -0.2) is 0 Å². The third-order valence-corrected chi connectivity index (χ3v) is 6.53. The fourth-order valence-electron chi connectivity index (χ4n) is 4.40. The minimum atomic E-state index is -0.434. The van der Waals surface area contributed by atoms with Crippen molar-refractivity contribution in [2.24, 2.45) is 5.73 Å². The number of carbonyl (C=O) groups is 1. The molecule has 1 saturated heterocycles. The first kappa shape index (κ1) is 23.0. The van der Waals surface area contributed by atoms with Crippen LogP contribution in [0.3, 0.4) is 0 Å². The molecule has 2 heterocycles. The molecule has 6 nitrogen and oxygen atoms in total. The Bertz CT molecular complexity index is 1160. The van der Waals surface area contributed by atoms with Crippen LogP contribution in [-0.2, 0) is 11.3 Å². The van der Waals surface area contributed by atoms with Gasteiger partial charge in [0.1, 0.15) is 11.9 Å². The van der Waals surface area contributed by atoms with Crippen LogP contribution in [-0.4, -0.2) is 42.6 Å². The van der Waals surface area contributed by atoms with Crippen molar-refractivity contribution in [3.8, 4) is 17.0 Å². The van der Waals surface area contributed by atoms with Gasteiger partial charge in [-0.1, -0.05) is 18.2 Å². The van der Waals surface area contributed by atoms with Crippen LogP contribution in [0.5, 0.6) is 5.75 Å². The molecular formula is C27H31N3O3. The summed E-state index contributed by atoms with van der Waals surface area (Å²) in [5, 5.41) is 0. The van der Waals surface area contributed by atoms with Crippen LogP contribution < -0.4 is 10.5 Å². The summed E-state index contributed by atoms with van der Waals surface area (Å²) in [5.41, 5.74) is 13.6. The van der Waals surface area contributed by atoms with E-state index in [1.807, 2.05) is 30.3 Å². The lowest BCUT2D eigenvalue weighted by Crippen LogP contribution is -2.38. The number of hydrogen-bond acceptors (Lipinski definition) is 5. The zero-order valence-corrected chi connectivity index (χ0v) is 19.7. The van der Waals surface area contributed by atoms with Gasteiger partial charge < -0.3 is 15.2 Å². The van der Waals surface area contributed by atoms with Crippen molar-refractivity contribution in [2.45, 2.75) is 33.4 Å². The predicted molar refractivity (Wildman–Crippen MR) is 129 cm³/mol. The Kier molecular flexibility index (Phi) is 6.77. The van der Waals surface area contributed by atoms with Gasteiger partial charge >= 0.3 is 0 Å². The van der Waals surface area contributed by atoms with Crippen molar-refractivity contribution in [3.05, 3.63) is 82.0 Å². The molecule has 172 valence electrons. The highest BCUT2D eigenvalue weighted by Gasteiger charge is 2.25. The Hall–Kier alpha value is -3.22. The minimum absolute atomic E-state index is 0.0939. The van der Waals surface area contributed by atoms with Crippen LogP contribution in [0.2, 0.25) is 0 Å². The van der Waals surface area contributed by atoms with Gasteiger partial charge in [-0.15, -0.1) is 0 Å². The van der Waals surface area contributed by atoms with E-state index in [1.165, 1.54) is 22.3 Å². The Labute approximate surface area is 195 Å². The van der Waals surface area contributed by atoms with Gasteiger partial charge in [0.25, 0.3) is 0 Å². The first-order valence-corrected chi connectivity index (χ1v) is 11.2. The van der Waals surface area contributed by atoms with Crippen LogP contribution in [0.25, 0.3) is 11.3 Å². The monoisotopic (exact) mass is 445 g/mol. The molecule has 6 heteroatoms. The lowest BCUT2D eigenvalue weighted by molar-refractivity contribution is -0.0350. The number of methoxy groups -OCH3 is 1. The topological polar surface area (TPSA) is 77.7 Å². The fourth-order valence-corrected chi connectivity index (χ4v) is 4.40. The Morgan fingerprint density at radius 2 is 1.91 bits per heavy atom. The summed E-state index contributed by atoms with van der Waals surface area (Å²) in [6.45, 7) is 9.64. The second kappa shape index (κ2) is 9.73. The first-order valence-electron chi connectivity index (χ1n) is 11.2. The van der Waals surface area contributed by atoms with E-state index in [1.54, 1.807) is 19.2 Å². The van der Waals surface area contributed by atoms with E-state index in [0.29, 0.717) is 12.2 Å². The Balaban J connectivity index is 1.52. The van der Waals surface area contributed by atoms with Crippen molar-refractivity contribution < 1.29 is 14.3 Å². The first-order chi connectivity index (χ1) is 15.9. The zero-order chi connectivity index (χ0) is 23.5. The van der Waals surface area contributed by atoms with E-state index in [-0.39, 0.29) is 6.10 Å². The summed E-state index contributed by atoms with van der Waals surface area (Å²) in [5.74, 6) is 0.509. The summed E-state index contributed by atoms with van der Waals surface area (Å²) in [6.07, 6.45) is -0.0939. The molecule has 1 aliphatic heterocycles. The largest absolute Gasteiger partial charge is 0.496 e. The number of aryl methyl sites for hydroxylation is 1. The molecule has 0 aliphatic carbocycles. The van der Waals surface area contributed by atoms with E-state index in [9.17, 15) is 4.79 Å². The third-order valence-electron chi connectivity index (χ3n) is 6.53. The fraction of sp³-hybridized carbons (Fsp3) is 0.333. The highest BCUT2D eigenvalue weighted by Crippen LogP contribution is 2.30. The lowest BCUT2D eigenvalue weighted by Gasteiger charge is -2.33. The molecule has 0 unspecified atom stereocenters. The number of aromatic nitrogens is 1. The average molecular weight is 446 g/mol. The van der Waals surface area contributed by atoms with Crippen molar-refractivity contribution in [1.82, 2.24) is 9.88 Å². The van der Waals surface area contributed by atoms with E-state index >= 15 is 0 Å². The molecule has 33 heavy (non-hydrogen) atoms. The number of benzene rings is 2. The quantitative estimate of drug-likeness (QED) is 0.610. The molecule has 1 aliphatic rings. The maximum atomic E-state index is 11.3. The number of morpholine rings is 1. The number of amides is 1. The molecular weight excluding hydrogens is 414 g/mol. The maximum absolute atomic E-state index is 11.3. The van der Waals surface area contributed by atoms with Gasteiger partial charge in [-0.2, -0.15) is 0 Å². The number of rotatable bonds is 6.